The Kier molecular flexibility index (Phi) is 249. The Balaban J connectivity index is 0. The van der Waals surface area contributed by atoms with E-state index in [0.717, 1.165) is 0 Å². The molecule has 4 heavy (non-hydrogen) atoms. The van der Waals surface area contributed by atoms with E-state index in [-0.39, 0.29) is 62.1 Å². The van der Waals surface area contributed by atoms with Crippen molar-refractivity contribution in [2.45, 2.75) is 7.43 Å². The quantitative estimate of drug-likeness (QED) is 0.272. The maximum Gasteiger partial charge on any atom is 1.00 e. The first-order chi connectivity index (χ1) is 0. The summed E-state index contributed by atoms with van der Waals surface area (Å²) in [6, 6.07) is 0. The van der Waals surface area contributed by atoms with Gasteiger partial charge in [0.25, 0.3) is 0 Å². The molecule has 0 aliphatic heterocycles. The molecule has 0 nitrogen and oxygen atoms in total. The molecule has 0 spiro atoms. The summed E-state index contributed by atoms with van der Waals surface area (Å²) in [5, 5.41) is 0. The Morgan fingerprint density at radius 1 is 1.00 bits per heavy atom. The van der Waals surface area contributed by atoms with Gasteiger partial charge in [0.2, 0.25) is 0 Å². The second kappa shape index (κ2) is 22.5. The van der Waals surface area contributed by atoms with Gasteiger partial charge in [-0.15, -0.1) is 0 Å². The van der Waals surface area contributed by atoms with Gasteiger partial charge in [0.15, 0.2) is 0 Å². The van der Waals surface area contributed by atoms with Crippen LogP contribution >= 0.6 is 0 Å². The zero-order chi connectivity index (χ0) is 0. The molecule has 0 amide bonds. The molecular weight excluding hydrogens is 106 g/mol. The van der Waals surface area contributed by atoms with E-state index in [2.05, 4.69) is 0 Å². The molecule has 0 saturated carbocycles. The van der Waals surface area contributed by atoms with E-state index in [9.17, 15) is 0 Å². The molecule has 0 saturated heterocycles. The summed E-state index contributed by atoms with van der Waals surface area (Å²) in [6.45, 7) is 0. The van der Waals surface area contributed by atoms with Gasteiger partial charge >= 0.3 is 18.9 Å². The smallest absolute Gasteiger partial charge is 1.00 e. The Morgan fingerprint density at radius 2 is 1.00 bits per heavy atom. The van der Waals surface area contributed by atoms with Crippen molar-refractivity contribution >= 4 is 18.9 Å². The molecule has 0 heterocycles. The van der Waals surface area contributed by atoms with Crippen LogP contribution in [0.4, 0.5) is 0 Å². The third-order valence-electron chi connectivity index (χ3n) is 0. The Bertz CT molecular complexity index is 6.00. The number of hydrogen-bond acceptors (Lipinski definition) is 0. The molecule has 0 aromatic heterocycles. The minimum atomic E-state index is 0. The zero-order valence-corrected chi connectivity index (χ0v) is 3.96. The maximum absolute atomic E-state index is 0. The van der Waals surface area contributed by atoms with Gasteiger partial charge in [0.05, 0.1) is 0 Å². The molecule has 17 valence electrons. The SMILES string of the molecule is C.[Br-].[Li+].[Li]. The van der Waals surface area contributed by atoms with Crippen molar-refractivity contribution < 1.29 is 35.8 Å². The van der Waals surface area contributed by atoms with Gasteiger partial charge in [-0.1, -0.05) is 7.43 Å². The molecule has 1 radical (unpaired) electrons. The molecular formula is CH4BrLi2. The summed E-state index contributed by atoms with van der Waals surface area (Å²) in [5.74, 6) is 0. The van der Waals surface area contributed by atoms with E-state index in [0.29, 0.717) is 0 Å². The van der Waals surface area contributed by atoms with Crippen LogP contribution in [0, 0.1) is 0 Å². The van der Waals surface area contributed by atoms with E-state index in [4.69, 9.17) is 0 Å². The first-order valence-electron chi connectivity index (χ1n) is 0. The largest absolute Gasteiger partial charge is 1.00 e. The van der Waals surface area contributed by atoms with Crippen molar-refractivity contribution in [3.05, 3.63) is 0 Å². The zero-order valence-electron chi connectivity index (χ0n) is 2.38. The third kappa shape index (κ3) is 9.37. The molecule has 0 fully saturated rings. The standard InChI is InChI=1S/CH4.BrH.2Li/h1H4;1H;;/q;;;+1/p-1. The number of rotatable bonds is 0. The summed E-state index contributed by atoms with van der Waals surface area (Å²) >= 11 is 0. The van der Waals surface area contributed by atoms with Crippen molar-refractivity contribution in [1.82, 2.24) is 0 Å². The van der Waals surface area contributed by atoms with Gasteiger partial charge in [-0.3, -0.25) is 0 Å². The van der Waals surface area contributed by atoms with Crippen LogP contribution in [-0.4, -0.2) is 18.9 Å². The van der Waals surface area contributed by atoms with E-state index in [1.807, 2.05) is 0 Å². The normalized spacial score (nSPS) is 0. The fourth-order valence-electron chi connectivity index (χ4n) is 0. The molecule has 0 bridgehead atoms. The molecule has 0 N–H and O–H groups in total. The van der Waals surface area contributed by atoms with Gasteiger partial charge in [0, 0.05) is 18.9 Å². The van der Waals surface area contributed by atoms with Crippen LogP contribution in [0.2, 0.25) is 0 Å². The average Bonchev–Trinajstić information content (AvgIpc) is 0. The summed E-state index contributed by atoms with van der Waals surface area (Å²) in [4.78, 5) is 0. The van der Waals surface area contributed by atoms with Crippen molar-refractivity contribution in [3.63, 3.8) is 0 Å². The van der Waals surface area contributed by atoms with Crippen LogP contribution in [0.5, 0.6) is 0 Å². The van der Waals surface area contributed by atoms with E-state index in [1.54, 1.807) is 0 Å². The minimum absolute atomic E-state index is 0. The number of hydrogen-bond donors (Lipinski definition) is 0. The van der Waals surface area contributed by atoms with Crippen LogP contribution in [0.3, 0.4) is 0 Å². The fraction of sp³-hybridized carbons (Fsp3) is 1.00. The molecule has 3 heteroatoms. The van der Waals surface area contributed by atoms with Crippen LogP contribution in [0.15, 0.2) is 0 Å². The van der Waals surface area contributed by atoms with Crippen LogP contribution in [0.25, 0.3) is 0 Å². The molecule has 0 aromatic rings. The van der Waals surface area contributed by atoms with Crippen molar-refractivity contribution in [1.29, 1.82) is 0 Å². The Morgan fingerprint density at radius 3 is 1.00 bits per heavy atom. The Hall–Kier alpha value is 1.67. The van der Waals surface area contributed by atoms with Gasteiger partial charge in [-0.25, -0.2) is 0 Å². The summed E-state index contributed by atoms with van der Waals surface area (Å²) < 4.78 is 0. The molecule has 0 aromatic carbocycles. The molecule has 0 rings (SSSR count). The van der Waals surface area contributed by atoms with Crippen LogP contribution in [0.1, 0.15) is 7.43 Å². The molecule has 0 atom stereocenters. The summed E-state index contributed by atoms with van der Waals surface area (Å²) in [5.41, 5.74) is 0. The Labute approximate surface area is 61.8 Å². The van der Waals surface area contributed by atoms with Gasteiger partial charge in [-0.05, 0) is 0 Å². The fourth-order valence-corrected chi connectivity index (χ4v) is 0. The molecule has 0 aliphatic carbocycles. The van der Waals surface area contributed by atoms with Gasteiger partial charge in [-0.2, -0.15) is 0 Å². The third-order valence-corrected chi connectivity index (χ3v) is 0. The van der Waals surface area contributed by atoms with Gasteiger partial charge < -0.3 is 17.0 Å². The topological polar surface area (TPSA) is 0 Å². The molecule has 0 unspecified atom stereocenters. The summed E-state index contributed by atoms with van der Waals surface area (Å²) in [6.07, 6.45) is 0. The van der Waals surface area contributed by atoms with Gasteiger partial charge in [0.1, 0.15) is 0 Å². The van der Waals surface area contributed by atoms with Crippen molar-refractivity contribution in [3.8, 4) is 0 Å². The second-order valence-corrected chi connectivity index (χ2v) is 0. The predicted molar refractivity (Wildman–Crippen MR) is 12.5 cm³/mol. The molecule has 0 aliphatic rings. The van der Waals surface area contributed by atoms with Crippen molar-refractivity contribution in [2.75, 3.05) is 0 Å². The second-order valence-electron chi connectivity index (χ2n) is 0. The van der Waals surface area contributed by atoms with E-state index < -0.39 is 0 Å². The van der Waals surface area contributed by atoms with E-state index >= 15 is 0 Å². The van der Waals surface area contributed by atoms with E-state index in [1.165, 1.54) is 0 Å². The monoisotopic (exact) mass is 109 g/mol. The van der Waals surface area contributed by atoms with Crippen LogP contribution in [-0.2, 0) is 0 Å². The first kappa shape index (κ1) is 44.2. The maximum atomic E-state index is 0. The first-order valence-corrected chi connectivity index (χ1v) is 0. The van der Waals surface area contributed by atoms with Crippen molar-refractivity contribution in [2.24, 2.45) is 0 Å². The predicted octanol–water partition coefficient (Wildman–Crippen LogP) is -5.74. The summed E-state index contributed by atoms with van der Waals surface area (Å²) in [7, 11) is 0. The number of halogens is 1. The minimum Gasteiger partial charge on any atom is -1.00 e. The average molecular weight is 110 g/mol. The van der Waals surface area contributed by atoms with Crippen LogP contribution < -0.4 is 35.8 Å².